The summed E-state index contributed by atoms with van der Waals surface area (Å²) in [6, 6.07) is 14.1. The summed E-state index contributed by atoms with van der Waals surface area (Å²) in [5.74, 6) is 0.344. The second kappa shape index (κ2) is 5.13. The molecular formula is C15H13BrN2O. The van der Waals surface area contributed by atoms with Gasteiger partial charge in [0.05, 0.1) is 0 Å². The Bertz CT molecular complexity index is 583. The number of nitrogens with one attached hydrogen (secondary N) is 1. The molecule has 1 amide bonds. The van der Waals surface area contributed by atoms with Crippen LogP contribution in [0.3, 0.4) is 0 Å². The molecule has 0 aliphatic heterocycles. The number of pyridine rings is 1. The highest BCUT2D eigenvalue weighted by atomic mass is 79.9. The van der Waals surface area contributed by atoms with Gasteiger partial charge in [-0.25, -0.2) is 4.98 Å². The molecule has 0 radical (unpaired) electrons. The van der Waals surface area contributed by atoms with Gasteiger partial charge in [0.25, 0.3) is 5.91 Å². The van der Waals surface area contributed by atoms with Crippen LogP contribution in [0, 0.1) is 0 Å². The van der Waals surface area contributed by atoms with Crippen molar-refractivity contribution in [2.75, 3.05) is 0 Å². The zero-order valence-corrected chi connectivity index (χ0v) is 11.8. The van der Waals surface area contributed by atoms with E-state index in [1.54, 1.807) is 12.3 Å². The molecule has 0 bridgehead atoms. The van der Waals surface area contributed by atoms with Crippen LogP contribution in [0.15, 0.2) is 53.1 Å². The summed E-state index contributed by atoms with van der Waals surface area (Å²) >= 11 is 3.30. The number of aromatic nitrogens is 1. The Hall–Kier alpha value is -1.68. The van der Waals surface area contributed by atoms with Gasteiger partial charge < -0.3 is 5.32 Å². The average molecular weight is 317 g/mol. The van der Waals surface area contributed by atoms with E-state index < -0.39 is 0 Å². The number of hydrogen-bond acceptors (Lipinski definition) is 2. The molecule has 2 unspecified atom stereocenters. The van der Waals surface area contributed by atoms with E-state index in [-0.39, 0.29) is 11.9 Å². The first kappa shape index (κ1) is 12.4. The number of rotatable bonds is 3. The molecule has 3 rings (SSSR count). The largest absolute Gasteiger partial charge is 0.347 e. The zero-order valence-electron chi connectivity index (χ0n) is 10.2. The van der Waals surface area contributed by atoms with Crippen LogP contribution in [-0.2, 0) is 0 Å². The van der Waals surface area contributed by atoms with Crippen LogP contribution in [0.2, 0.25) is 0 Å². The highest BCUT2D eigenvalue weighted by Crippen LogP contribution is 2.40. The second-order valence-electron chi connectivity index (χ2n) is 4.69. The predicted octanol–water partition coefficient (Wildman–Crippen LogP) is 3.13. The molecule has 1 N–H and O–H groups in total. The van der Waals surface area contributed by atoms with Gasteiger partial charge in [0.1, 0.15) is 5.69 Å². The van der Waals surface area contributed by atoms with Crippen molar-refractivity contribution in [1.29, 1.82) is 0 Å². The normalized spacial score (nSPS) is 20.9. The summed E-state index contributed by atoms with van der Waals surface area (Å²) in [4.78, 5) is 16.1. The van der Waals surface area contributed by atoms with Gasteiger partial charge in [0.15, 0.2) is 0 Å². The summed E-state index contributed by atoms with van der Waals surface area (Å²) < 4.78 is 0.873. The van der Waals surface area contributed by atoms with Crippen LogP contribution in [0.1, 0.15) is 28.4 Å². The number of nitrogens with zero attached hydrogens (tertiary/aromatic N) is 1. The standard InChI is InChI=1S/C15H13BrN2O/c16-11-6-7-13(17-9-11)15(19)18-14-8-12(14)10-4-2-1-3-5-10/h1-7,9,12,14H,8H2,(H,18,19). The van der Waals surface area contributed by atoms with E-state index in [1.807, 2.05) is 24.3 Å². The number of carbonyl (C=O) groups excluding carboxylic acids is 1. The second-order valence-corrected chi connectivity index (χ2v) is 5.61. The average Bonchev–Trinajstić information content (AvgIpc) is 3.20. The first-order chi connectivity index (χ1) is 9.24. The number of amides is 1. The molecule has 4 heteroatoms. The van der Waals surface area contributed by atoms with Crippen LogP contribution < -0.4 is 5.32 Å². The monoisotopic (exact) mass is 316 g/mol. The summed E-state index contributed by atoms with van der Waals surface area (Å²) in [5.41, 5.74) is 1.75. The van der Waals surface area contributed by atoms with Crippen molar-refractivity contribution in [2.45, 2.75) is 18.4 Å². The highest BCUT2D eigenvalue weighted by Gasteiger charge is 2.39. The molecule has 1 aromatic carbocycles. The van der Waals surface area contributed by atoms with E-state index in [1.165, 1.54) is 5.56 Å². The maximum absolute atomic E-state index is 12.0. The van der Waals surface area contributed by atoms with Gasteiger partial charge in [-0.05, 0) is 40.0 Å². The van der Waals surface area contributed by atoms with Crippen molar-refractivity contribution in [1.82, 2.24) is 10.3 Å². The lowest BCUT2D eigenvalue weighted by Gasteiger charge is -2.04. The lowest BCUT2D eigenvalue weighted by molar-refractivity contribution is 0.0945. The van der Waals surface area contributed by atoms with E-state index >= 15 is 0 Å². The number of carbonyl (C=O) groups is 1. The summed E-state index contributed by atoms with van der Waals surface area (Å²) in [6.45, 7) is 0. The fraction of sp³-hybridized carbons (Fsp3) is 0.200. The minimum Gasteiger partial charge on any atom is -0.347 e. The third-order valence-corrected chi connectivity index (χ3v) is 3.76. The zero-order chi connectivity index (χ0) is 13.2. The molecule has 96 valence electrons. The number of benzene rings is 1. The quantitative estimate of drug-likeness (QED) is 0.945. The van der Waals surface area contributed by atoms with Gasteiger partial charge in [-0.1, -0.05) is 30.3 Å². The topological polar surface area (TPSA) is 42.0 Å². The van der Waals surface area contributed by atoms with Crippen LogP contribution >= 0.6 is 15.9 Å². The van der Waals surface area contributed by atoms with Crippen LogP contribution in [0.4, 0.5) is 0 Å². The van der Waals surface area contributed by atoms with E-state index in [0.29, 0.717) is 11.6 Å². The smallest absolute Gasteiger partial charge is 0.270 e. The van der Waals surface area contributed by atoms with E-state index in [0.717, 1.165) is 10.9 Å². The Morgan fingerprint density at radius 3 is 2.68 bits per heavy atom. The molecule has 2 atom stereocenters. The van der Waals surface area contributed by atoms with Crippen molar-refractivity contribution >= 4 is 21.8 Å². The minimum absolute atomic E-state index is 0.101. The maximum Gasteiger partial charge on any atom is 0.270 e. The summed E-state index contributed by atoms with van der Waals surface area (Å²) in [5, 5.41) is 3.02. The first-order valence-electron chi connectivity index (χ1n) is 6.21. The molecule has 0 saturated heterocycles. The summed E-state index contributed by atoms with van der Waals surface area (Å²) in [6.07, 6.45) is 2.64. The molecule has 1 heterocycles. The van der Waals surface area contributed by atoms with Crippen molar-refractivity contribution in [3.05, 3.63) is 64.4 Å². The maximum atomic E-state index is 12.0. The van der Waals surface area contributed by atoms with Crippen molar-refractivity contribution in [2.24, 2.45) is 0 Å². The SMILES string of the molecule is O=C(NC1CC1c1ccccc1)c1ccc(Br)cn1. The lowest BCUT2D eigenvalue weighted by atomic mass is 10.1. The number of hydrogen-bond donors (Lipinski definition) is 1. The van der Waals surface area contributed by atoms with E-state index in [9.17, 15) is 4.79 Å². The molecule has 3 nitrogen and oxygen atoms in total. The minimum atomic E-state index is -0.101. The van der Waals surface area contributed by atoms with Crippen molar-refractivity contribution in [3.63, 3.8) is 0 Å². The van der Waals surface area contributed by atoms with Gasteiger partial charge in [0.2, 0.25) is 0 Å². The van der Waals surface area contributed by atoms with Crippen molar-refractivity contribution < 1.29 is 4.79 Å². The molecule has 2 aromatic rings. The van der Waals surface area contributed by atoms with Gasteiger partial charge in [0, 0.05) is 22.6 Å². The Morgan fingerprint density at radius 2 is 2.00 bits per heavy atom. The highest BCUT2D eigenvalue weighted by molar-refractivity contribution is 9.10. The van der Waals surface area contributed by atoms with Gasteiger partial charge >= 0.3 is 0 Å². The molecule has 1 saturated carbocycles. The fourth-order valence-electron chi connectivity index (χ4n) is 2.18. The van der Waals surface area contributed by atoms with Crippen molar-refractivity contribution in [3.8, 4) is 0 Å². The third-order valence-electron chi connectivity index (χ3n) is 3.29. The number of halogens is 1. The third kappa shape index (κ3) is 2.84. The van der Waals surface area contributed by atoms with Gasteiger partial charge in [-0.15, -0.1) is 0 Å². The van der Waals surface area contributed by atoms with Gasteiger partial charge in [-0.3, -0.25) is 4.79 Å². The summed E-state index contributed by atoms with van der Waals surface area (Å²) in [7, 11) is 0. The van der Waals surface area contributed by atoms with Crippen LogP contribution in [0.25, 0.3) is 0 Å². The Labute approximate surface area is 120 Å². The molecule has 1 fully saturated rings. The van der Waals surface area contributed by atoms with Gasteiger partial charge in [-0.2, -0.15) is 0 Å². The Balaban J connectivity index is 1.62. The predicted molar refractivity (Wildman–Crippen MR) is 77.0 cm³/mol. The molecule has 1 aliphatic rings. The molecular weight excluding hydrogens is 304 g/mol. The molecule has 1 aliphatic carbocycles. The Kier molecular flexibility index (Phi) is 3.34. The van der Waals surface area contributed by atoms with E-state index in [4.69, 9.17) is 0 Å². The lowest BCUT2D eigenvalue weighted by Crippen LogP contribution is -2.27. The Morgan fingerprint density at radius 1 is 1.21 bits per heavy atom. The molecule has 19 heavy (non-hydrogen) atoms. The van der Waals surface area contributed by atoms with Crippen LogP contribution in [0.5, 0.6) is 0 Å². The molecule has 0 spiro atoms. The van der Waals surface area contributed by atoms with E-state index in [2.05, 4.69) is 38.4 Å². The van der Waals surface area contributed by atoms with Crippen LogP contribution in [-0.4, -0.2) is 16.9 Å². The fourth-order valence-corrected chi connectivity index (χ4v) is 2.41. The first-order valence-corrected chi connectivity index (χ1v) is 7.01. The molecule has 1 aromatic heterocycles.